The summed E-state index contributed by atoms with van der Waals surface area (Å²) in [6.45, 7) is 8.09. The number of nitrogens with one attached hydrogen (secondary N) is 3. The van der Waals surface area contributed by atoms with Crippen LogP contribution in [0.5, 0.6) is 0 Å². The summed E-state index contributed by atoms with van der Waals surface area (Å²) in [5.74, 6) is 0.672. The molecule has 0 fully saturated rings. The molecule has 12 nitrogen and oxygen atoms in total. The van der Waals surface area contributed by atoms with Gasteiger partial charge in [0.05, 0.1) is 24.6 Å². The smallest absolute Gasteiger partial charge is 0.278 e. The molecule has 4 rings (SSSR count). The molecule has 0 radical (unpaired) electrons. The number of hydrogen-bond acceptors (Lipinski definition) is 13. The van der Waals surface area contributed by atoms with Gasteiger partial charge in [0.2, 0.25) is 0 Å². The minimum Gasteiger partial charge on any atom is -0.390 e. The third-order valence-electron chi connectivity index (χ3n) is 10.1. The first-order chi connectivity index (χ1) is 27.5. The Hall–Kier alpha value is -4.06. The molecule has 6 N–H and O–H groups in total. The fraction of sp³-hybridized carbons (Fsp3) is 0.357. The van der Waals surface area contributed by atoms with Gasteiger partial charge in [-0.05, 0) is 109 Å². The zero-order chi connectivity index (χ0) is 41.4. The van der Waals surface area contributed by atoms with Crippen LogP contribution in [0.15, 0.2) is 124 Å². The van der Waals surface area contributed by atoms with E-state index >= 15 is 0 Å². The van der Waals surface area contributed by atoms with Crippen LogP contribution in [0, 0.1) is 5.41 Å². The quantitative estimate of drug-likeness (QED) is 0.0252. The van der Waals surface area contributed by atoms with Crippen molar-refractivity contribution in [2.24, 2.45) is 10.4 Å². The second-order valence-corrected chi connectivity index (χ2v) is 15.9. The maximum atomic E-state index is 13.1. The maximum Gasteiger partial charge on any atom is 0.278 e. The number of hydrazine groups is 1. The second-order valence-electron chi connectivity index (χ2n) is 13.9. The van der Waals surface area contributed by atoms with Crippen LogP contribution in [0.1, 0.15) is 55.1 Å². The molecule has 2 aromatic rings. The number of benzene rings is 2. The lowest BCUT2D eigenvalue weighted by Gasteiger charge is -2.31. The van der Waals surface area contributed by atoms with E-state index in [0.29, 0.717) is 54.3 Å². The Balaban J connectivity index is 1.58. The van der Waals surface area contributed by atoms with Crippen LogP contribution in [0.25, 0.3) is 0 Å². The molecule has 2 heterocycles. The Morgan fingerprint density at radius 3 is 2.37 bits per heavy atom. The number of carbonyl (C=O) groups excluding carboxylic acids is 2. The predicted octanol–water partition coefficient (Wildman–Crippen LogP) is 7.89. The SMILES string of the molecule is CNNC(=O)c1ccc(C2(C)\C(=C/C=C/C=C/C=C/C3=NC/C(=C\C(=C/NCCCSO)C(=O)N(C)OC)C3(C)C)N(CCCSO)c3ccc(SO)cc32)cc1. The fourth-order valence-electron chi connectivity index (χ4n) is 6.72. The van der Waals surface area contributed by atoms with E-state index in [4.69, 9.17) is 14.4 Å². The van der Waals surface area contributed by atoms with Crippen molar-refractivity contribution < 1.29 is 28.1 Å². The Morgan fingerprint density at radius 2 is 1.68 bits per heavy atom. The molecule has 2 aliphatic rings. The zero-order valence-electron chi connectivity index (χ0n) is 33.3. The molecule has 0 saturated carbocycles. The van der Waals surface area contributed by atoms with E-state index in [-0.39, 0.29) is 11.8 Å². The summed E-state index contributed by atoms with van der Waals surface area (Å²) in [5.41, 5.74) is 11.2. The predicted molar refractivity (Wildman–Crippen MR) is 237 cm³/mol. The number of hydroxylamine groups is 2. The third-order valence-corrected chi connectivity index (χ3v) is 11.5. The third kappa shape index (κ3) is 11.3. The zero-order valence-corrected chi connectivity index (χ0v) is 35.8. The van der Waals surface area contributed by atoms with Crippen molar-refractivity contribution in [3.8, 4) is 0 Å². The van der Waals surface area contributed by atoms with Gasteiger partial charge in [-0.25, -0.2) is 10.5 Å². The number of aliphatic imine (C=N–C) groups is 1. The lowest BCUT2D eigenvalue weighted by Crippen LogP contribution is -2.34. The van der Waals surface area contributed by atoms with Gasteiger partial charge in [-0.2, -0.15) is 0 Å². The number of carbonyl (C=O) groups is 2. The molecular formula is C42H54N6O6S3. The fourth-order valence-corrected chi connectivity index (χ4v) is 7.55. The molecule has 1 atom stereocenters. The molecule has 15 heteroatoms. The van der Waals surface area contributed by atoms with Gasteiger partial charge in [-0.1, -0.05) is 56.4 Å². The highest BCUT2D eigenvalue weighted by molar-refractivity contribution is 7.94. The van der Waals surface area contributed by atoms with Gasteiger partial charge in [-0.15, -0.1) is 0 Å². The normalized spacial score (nSPS) is 19.4. The van der Waals surface area contributed by atoms with Crippen LogP contribution >= 0.6 is 36.1 Å². The monoisotopic (exact) mass is 834 g/mol. The van der Waals surface area contributed by atoms with Gasteiger partial charge in [0.1, 0.15) is 0 Å². The van der Waals surface area contributed by atoms with Crippen LogP contribution in [-0.2, 0) is 15.0 Å². The maximum absolute atomic E-state index is 13.1. The first-order valence-electron chi connectivity index (χ1n) is 18.6. The second kappa shape index (κ2) is 22.2. The van der Waals surface area contributed by atoms with Crippen LogP contribution in [-0.4, -0.2) is 88.6 Å². The standard InChI is InChI=1S/C42H54N6O6S3/c1-41(2)33(26-31(40(50)47(5)54-6)28-44-22-12-24-55-51)29-45-37(41)14-10-8-7-9-11-15-38-42(3,32-18-16-30(17-19-32)39(49)46-43-4)35-27-34(57-53)20-21-36(35)48(38)23-13-25-56-52/h7-11,14-21,26-28,43-44,51-53H,12-13,22-25,29H2,1-6H3,(H,46,49)/b8-7+,11-9+,14-10+,31-28+,33-26+,38-15+. The minimum absolute atomic E-state index is 0.231. The molecule has 306 valence electrons. The summed E-state index contributed by atoms with van der Waals surface area (Å²) in [4.78, 5) is 38.5. The van der Waals surface area contributed by atoms with Gasteiger partial charge in [-0.3, -0.25) is 24.8 Å². The summed E-state index contributed by atoms with van der Waals surface area (Å²) in [6, 6.07) is 13.5. The van der Waals surface area contributed by atoms with Crippen molar-refractivity contribution in [2.75, 3.05) is 57.2 Å². The highest BCUT2D eigenvalue weighted by Gasteiger charge is 2.45. The molecule has 2 amide bonds. The van der Waals surface area contributed by atoms with E-state index in [9.17, 15) is 18.7 Å². The molecule has 1 unspecified atom stereocenters. The van der Waals surface area contributed by atoms with Crippen LogP contribution in [0.2, 0.25) is 0 Å². The molecule has 0 spiro atoms. The number of amides is 2. The number of likely N-dealkylation sites (N-methyl/N-ethyl adjacent to an activating group) is 1. The highest BCUT2D eigenvalue weighted by Crippen LogP contribution is 2.52. The summed E-state index contributed by atoms with van der Waals surface area (Å²) in [7, 11) is 4.66. The molecule has 57 heavy (non-hydrogen) atoms. The van der Waals surface area contributed by atoms with Crippen LogP contribution in [0.4, 0.5) is 5.69 Å². The number of hydrogen-bond donors (Lipinski definition) is 6. The number of fused-ring (bicyclic) bond motifs is 1. The average Bonchev–Trinajstić information content (AvgIpc) is 3.63. The van der Waals surface area contributed by atoms with Gasteiger partial charge in [0.15, 0.2) is 0 Å². The average molecular weight is 835 g/mol. The number of nitrogens with zero attached hydrogens (tertiary/aromatic N) is 3. The molecule has 0 aromatic heterocycles. The largest absolute Gasteiger partial charge is 0.390 e. The van der Waals surface area contributed by atoms with Gasteiger partial charge in [0.25, 0.3) is 11.8 Å². The van der Waals surface area contributed by atoms with E-state index in [2.05, 4.69) is 47.9 Å². The lowest BCUT2D eigenvalue weighted by molar-refractivity contribution is -0.163. The lowest BCUT2D eigenvalue weighted by atomic mass is 9.75. The van der Waals surface area contributed by atoms with Crippen molar-refractivity contribution >= 4 is 59.3 Å². The number of allylic oxidation sites excluding steroid dienone is 8. The summed E-state index contributed by atoms with van der Waals surface area (Å²) in [5, 5.41) is 4.35. The van der Waals surface area contributed by atoms with Gasteiger partial charge < -0.3 is 23.9 Å². The van der Waals surface area contributed by atoms with E-state index in [1.165, 1.54) is 12.2 Å². The minimum atomic E-state index is -0.620. The van der Waals surface area contributed by atoms with Gasteiger partial charge in [0, 0.05) is 89.9 Å². The Kier molecular flexibility index (Phi) is 17.8. The van der Waals surface area contributed by atoms with E-state index in [1.807, 2.05) is 85.0 Å². The highest BCUT2D eigenvalue weighted by atomic mass is 32.2. The van der Waals surface area contributed by atoms with Crippen molar-refractivity contribution in [1.82, 2.24) is 21.2 Å². The van der Waals surface area contributed by atoms with E-state index < -0.39 is 10.8 Å². The van der Waals surface area contributed by atoms with Crippen molar-refractivity contribution in [2.45, 2.75) is 43.9 Å². The van der Waals surface area contributed by atoms with Crippen LogP contribution in [0.3, 0.4) is 0 Å². The molecular weight excluding hydrogens is 781 g/mol. The molecule has 0 aliphatic carbocycles. The molecule has 2 aliphatic heterocycles. The van der Waals surface area contributed by atoms with Crippen molar-refractivity contribution in [3.63, 3.8) is 0 Å². The Labute approximate surface area is 349 Å². The Bertz CT molecular complexity index is 1920. The molecule has 2 aromatic carbocycles. The molecule has 0 bridgehead atoms. The molecule has 0 saturated heterocycles. The van der Waals surface area contributed by atoms with Crippen molar-refractivity contribution in [1.29, 1.82) is 0 Å². The Morgan fingerprint density at radius 1 is 0.982 bits per heavy atom. The number of anilines is 1. The van der Waals surface area contributed by atoms with Crippen molar-refractivity contribution in [3.05, 3.63) is 131 Å². The topological polar surface area (TPSA) is 159 Å². The first kappa shape index (κ1) is 45.6. The summed E-state index contributed by atoms with van der Waals surface area (Å²) < 4.78 is 28.5. The number of rotatable bonds is 20. The van der Waals surface area contributed by atoms with E-state index in [1.54, 1.807) is 20.3 Å². The first-order valence-corrected chi connectivity index (χ1v) is 21.2. The summed E-state index contributed by atoms with van der Waals surface area (Å²) >= 11 is 2.33. The summed E-state index contributed by atoms with van der Waals surface area (Å²) in [6.07, 6.45) is 19.0. The van der Waals surface area contributed by atoms with E-state index in [0.717, 1.165) is 75.6 Å². The van der Waals surface area contributed by atoms with Crippen LogP contribution < -0.4 is 21.1 Å². The van der Waals surface area contributed by atoms with Gasteiger partial charge >= 0.3 is 0 Å².